The molecule has 0 spiro atoms. The number of benzene rings is 2. The molecule has 2 aromatic carbocycles. The fourth-order valence-electron chi connectivity index (χ4n) is 1.98. The molecule has 0 amide bonds. The van der Waals surface area contributed by atoms with Crippen LogP contribution in [0.5, 0.6) is 0 Å². The molecule has 0 aromatic heterocycles. The van der Waals surface area contributed by atoms with Crippen LogP contribution in [-0.4, -0.2) is 17.6 Å². The number of carbonyl (C=O) groups is 1. The average molecular weight is 255 g/mol. The van der Waals surface area contributed by atoms with Crippen molar-refractivity contribution in [2.45, 2.75) is 13.5 Å². The number of aliphatic carboxylic acids is 1. The van der Waals surface area contributed by atoms with Gasteiger partial charge in [0.25, 0.3) is 0 Å². The topological polar surface area (TPSA) is 49.3 Å². The SMILES string of the molecule is Cc1ccc2cc(CNC/C=C/C(=O)O)ccc2c1. The summed E-state index contributed by atoms with van der Waals surface area (Å²) in [5, 5.41) is 14.1. The van der Waals surface area contributed by atoms with Crippen molar-refractivity contribution in [3.05, 3.63) is 59.7 Å². The summed E-state index contributed by atoms with van der Waals surface area (Å²) < 4.78 is 0. The molecule has 0 saturated heterocycles. The Morgan fingerprint density at radius 1 is 1.21 bits per heavy atom. The number of aryl methyl sites for hydroxylation is 1. The summed E-state index contributed by atoms with van der Waals surface area (Å²) in [6, 6.07) is 12.8. The zero-order valence-corrected chi connectivity index (χ0v) is 10.9. The number of carboxylic acid groups (broad SMARTS) is 1. The Morgan fingerprint density at radius 2 is 1.95 bits per heavy atom. The molecule has 0 aliphatic heterocycles. The minimum atomic E-state index is -0.914. The molecule has 0 saturated carbocycles. The van der Waals surface area contributed by atoms with Crippen molar-refractivity contribution in [1.29, 1.82) is 0 Å². The molecule has 0 aliphatic carbocycles. The van der Waals surface area contributed by atoms with E-state index < -0.39 is 5.97 Å². The van der Waals surface area contributed by atoms with Crippen molar-refractivity contribution in [3.63, 3.8) is 0 Å². The fraction of sp³-hybridized carbons (Fsp3) is 0.188. The van der Waals surface area contributed by atoms with E-state index in [1.807, 2.05) is 0 Å². The van der Waals surface area contributed by atoms with E-state index in [0.717, 1.165) is 12.6 Å². The summed E-state index contributed by atoms with van der Waals surface area (Å²) in [5.74, 6) is -0.914. The van der Waals surface area contributed by atoms with Crippen LogP contribution >= 0.6 is 0 Å². The van der Waals surface area contributed by atoms with Gasteiger partial charge in [0, 0.05) is 19.2 Å². The van der Waals surface area contributed by atoms with Gasteiger partial charge in [0.1, 0.15) is 0 Å². The molecule has 0 bridgehead atoms. The zero-order chi connectivity index (χ0) is 13.7. The first-order chi connectivity index (χ1) is 9.15. The third-order valence-electron chi connectivity index (χ3n) is 2.91. The lowest BCUT2D eigenvalue weighted by molar-refractivity contribution is -0.131. The highest BCUT2D eigenvalue weighted by molar-refractivity contribution is 5.83. The summed E-state index contributed by atoms with van der Waals surface area (Å²) in [4.78, 5) is 10.3. The van der Waals surface area contributed by atoms with E-state index in [1.54, 1.807) is 6.08 Å². The highest BCUT2D eigenvalue weighted by Gasteiger charge is 1.97. The van der Waals surface area contributed by atoms with Crippen LogP contribution in [0, 0.1) is 6.92 Å². The second kappa shape index (κ2) is 6.16. The summed E-state index contributed by atoms with van der Waals surface area (Å²) in [5.41, 5.74) is 2.46. The first-order valence-corrected chi connectivity index (χ1v) is 6.24. The van der Waals surface area contributed by atoms with Crippen LogP contribution in [-0.2, 0) is 11.3 Å². The number of carboxylic acids is 1. The lowest BCUT2D eigenvalue weighted by atomic mass is 10.0. The van der Waals surface area contributed by atoms with Gasteiger partial charge >= 0.3 is 5.97 Å². The number of hydrogen-bond donors (Lipinski definition) is 2. The monoisotopic (exact) mass is 255 g/mol. The third-order valence-corrected chi connectivity index (χ3v) is 2.91. The van der Waals surface area contributed by atoms with Gasteiger partial charge in [-0.05, 0) is 29.3 Å². The van der Waals surface area contributed by atoms with Crippen molar-refractivity contribution in [1.82, 2.24) is 5.32 Å². The first kappa shape index (κ1) is 13.3. The Morgan fingerprint density at radius 3 is 2.74 bits per heavy atom. The van der Waals surface area contributed by atoms with E-state index in [9.17, 15) is 4.79 Å². The molecule has 19 heavy (non-hydrogen) atoms. The number of fused-ring (bicyclic) bond motifs is 1. The van der Waals surface area contributed by atoms with Crippen LogP contribution in [0.1, 0.15) is 11.1 Å². The van der Waals surface area contributed by atoms with Crippen molar-refractivity contribution in [3.8, 4) is 0 Å². The molecule has 0 heterocycles. The predicted octanol–water partition coefficient (Wildman–Crippen LogP) is 2.88. The molecular formula is C16H17NO2. The maximum Gasteiger partial charge on any atom is 0.328 e. The van der Waals surface area contributed by atoms with Gasteiger partial charge in [-0.25, -0.2) is 4.79 Å². The molecule has 3 heteroatoms. The fourth-order valence-corrected chi connectivity index (χ4v) is 1.98. The Balaban J connectivity index is 1.98. The second-order valence-corrected chi connectivity index (χ2v) is 4.56. The summed E-state index contributed by atoms with van der Waals surface area (Å²) in [7, 11) is 0. The van der Waals surface area contributed by atoms with Gasteiger partial charge in [-0.15, -0.1) is 0 Å². The first-order valence-electron chi connectivity index (χ1n) is 6.24. The minimum absolute atomic E-state index is 0.554. The van der Waals surface area contributed by atoms with Gasteiger partial charge in [-0.3, -0.25) is 0 Å². The van der Waals surface area contributed by atoms with Gasteiger partial charge < -0.3 is 10.4 Å². The van der Waals surface area contributed by atoms with E-state index in [4.69, 9.17) is 5.11 Å². The smallest absolute Gasteiger partial charge is 0.328 e. The molecule has 0 fully saturated rings. The molecule has 3 nitrogen and oxygen atoms in total. The van der Waals surface area contributed by atoms with E-state index in [0.29, 0.717) is 6.54 Å². The van der Waals surface area contributed by atoms with Crippen LogP contribution in [0.15, 0.2) is 48.6 Å². The van der Waals surface area contributed by atoms with Gasteiger partial charge in [-0.2, -0.15) is 0 Å². The molecule has 0 radical (unpaired) electrons. The van der Waals surface area contributed by atoms with Crippen LogP contribution in [0.2, 0.25) is 0 Å². The van der Waals surface area contributed by atoms with Gasteiger partial charge in [-0.1, -0.05) is 42.0 Å². The van der Waals surface area contributed by atoms with Gasteiger partial charge in [0.15, 0.2) is 0 Å². The van der Waals surface area contributed by atoms with Crippen molar-refractivity contribution in [2.75, 3.05) is 6.54 Å². The van der Waals surface area contributed by atoms with Crippen LogP contribution < -0.4 is 5.32 Å². The standard InChI is InChI=1S/C16H17NO2/c1-12-4-6-15-10-13(5-7-14(15)9-12)11-17-8-2-3-16(18)19/h2-7,9-10,17H,8,11H2,1H3,(H,18,19)/b3-2+. The van der Waals surface area contributed by atoms with Crippen molar-refractivity contribution < 1.29 is 9.90 Å². The van der Waals surface area contributed by atoms with Crippen molar-refractivity contribution >= 4 is 16.7 Å². The van der Waals surface area contributed by atoms with Crippen LogP contribution in [0.4, 0.5) is 0 Å². The summed E-state index contributed by atoms with van der Waals surface area (Å²) in [6.45, 7) is 3.37. The normalized spacial score (nSPS) is 11.2. The predicted molar refractivity (Wildman–Crippen MR) is 77.2 cm³/mol. The van der Waals surface area contributed by atoms with Crippen LogP contribution in [0.25, 0.3) is 10.8 Å². The molecule has 0 aliphatic rings. The van der Waals surface area contributed by atoms with Crippen molar-refractivity contribution in [2.24, 2.45) is 0 Å². The Bertz CT molecular complexity index is 617. The maximum atomic E-state index is 10.3. The number of nitrogens with one attached hydrogen (secondary N) is 1. The largest absolute Gasteiger partial charge is 0.478 e. The summed E-state index contributed by atoms with van der Waals surface area (Å²) in [6.07, 6.45) is 2.75. The van der Waals surface area contributed by atoms with Gasteiger partial charge in [0.2, 0.25) is 0 Å². The molecule has 2 N–H and O–H groups in total. The maximum absolute atomic E-state index is 10.3. The second-order valence-electron chi connectivity index (χ2n) is 4.56. The van der Waals surface area contributed by atoms with Crippen LogP contribution in [0.3, 0.4) is 0 Å². The third kappa shape index (κ3) is 3.93. The highest BCUT2D eigenvalue weighted by Crippen LogP contribution is 2.17. The van der Waals surface area contributed by atoms with E-state index >= 15 is 0 Å². The lowest BCUT2D eigenvalue weighted by Crippen LogP contribution is -2.13. The number of hydrogen-bond acceptors (Lipinski definition) is 2. The molecule has 0 atom stereocenters. The number of rotatable bonds is 5. The summed E-state index contributed by atoms with van der Waals surface area (Å²) >= 11 is 0. The van der Waals surface area contributed by atoms with Gasteiger partial charge in [0.05, 0.1) is 0 Å². The molecular weight excluding hydrogens is 238 g/mol. The van der Waals surface area contributed by atoms with E-state index in [-0.39, 0.29) is 0 Å². The molecule has 0 unspecified atom stereocenters. The quantitative estimate of drug-likeness (QED) is 0.638. The molecule has 2 rings (SSSR count). The van der Waals surface area contributed by atoms with E-state index in [2.05, 4.69) is 48.6 Å². The Kier molecular flexibility index (Phi) is 4.31. The van der Waals surface area contributed by atoms with E-state index in [1.165, 1.54) is 21.9 Å². The molecule has 2 aromatic rings. The highest BCUT2D eigenvalue weighted by atomic mass is 16.4. The molecule has 98 valence electrons. The minimum Gasteiger partial charge on any atom is -0.478 e. The lowest BCUT2D eigenvalue weighted by Gasteiger charge is -2.05. The average Bonchev–Trinajstić information content (AvgIpc) is 2.38. The zero-order valence-electron chi connectivity index (χ0n) is 10.9. The Hall–Kier alpha value is -2.13. The Labute approximate surface area is 112 Å².